The van der Waals surface area contributed by atoms with Crippen molar-refractivity contribution in [1.29, 1.82) is 0 Å². The van der Waals surface area contributed by atoms with E-state index in [2.05, 4.69) is 17.2 Å². The van der Waals surface area contributed by atoms with Crippen LogP contribution in [0.3, 0.4) is 0 Å². The van der Waals surface area contributed by atoms with Crippen LogP contribution in [0.25, 0.3) is 0 Å². The fourth-order valence-corrected chi connectivity index (χ4v) is 0.663. The van der Waals surface area contributed by atoms with E-state index in [9.17, 15) is 9.59 Å². The molecule has 1 unspecified atom stereocenters. The maximum absolute atomic E-state index is 10.8. The van der Waals surface area contributed by atoms with Crippen molar-refractivity contribution in [3.05, 3.63) is 12.3 Å². The van der Waals surface area contributed by atoms with Crippen molar-refractivity contribution in [2.45, 2.75) is 13.0 Å². The van der Waals surface area contributed by atoms with Crippen molar-refractivity contribution < 1.29 is 9.59 Å². The Labute approximate surface area is 58.3 Å². The molecule has 1 fully saturated rings. The molecule has 4 heteroatoms. The highest BCUT2D eigenvalue weighted by molar-refractivity contribution is 6.03. The molecule has 1 atom stereocenters. The third kappa shape index (κ3) is 1.00. The van der Waals surface area contributed by atoms with Crippen LogP contribution in [0.4, 0.5) is 0 Å². The summed E-state index contributed by atoms with van der Waals surface area (Å²) in [5, 5.41) is 4.76. The summed E-state index contributed by atoms with van der Waals surface area (Å²) in [4.78, 5) is 21.5. The molecule has 54 valence electrons. The molecule has 0 bridgehead atoms. The Kier molecular flexibility index (Phi) is 1.45. The summed E-state index contributed by atoms with van der Waals surface area (Å²) < 4.78 is 0. The Balaban J connectivity index is 2.72. The molecule has 1 rings (SSSR count). The number of carbonyl (C=O) groups is 2. The summed E-state index contributed by atoms with van der Waals surface area (Å²) in [6.45, 7) is 4.95. The maximum atomic E-state index is 10.8. The molecule has 2 N–H and O–H groups in total. The number of piperazine rings is 1. The molecule has 0 aromatic rings. The van der Waals surface area contributed by atoms with E-state index in [1.165, 1.54) is 0 Å². The predicted molar refractivity (Wildman–Crippen MR) is 34.9 cm³/mol. The second-order valence-electron chi connectivity index (χ2n) is 2.16. The minimum absolute atomic E-state index is 0.114. The quantitative estimate of drug-likeness (QED) is 0.430. The average Bonchev–Trinajstić information content (AvgIpc) is 1.84. The van der Waals surface area contributed by atoms with Crippen molar-refractivity contribution in [3.63, 3.8) is 0 Å². The second-order valence-corrected chi connectivity index (χ2v) is 2.16. The summed E-state index contributed by atoms with van der Waals surface area (Å²) in [6.07, 6.45) is 0. The molecule has 4 nitrogen and oxygen atoms in total. The molecule has 2 amide bonds. The summed E-state index contributed by atoms with van der Waals surface area (Å²) in [6, 6.07) is -0.446. The molecule has 0 spiro atoms. The molecule has 0 aromatic heterocycles. The van der Waals surface area contributed by atoms with E-state index >= 15 is 0 Å². The van der Waals surface area contributed by atoms with Gasteiger partial charge in [-0.1, -0.05) is 6.58 Å². The van der Waals surface area contributed by atoms with Crippen molar-refractivity contribution in [2.24, 2.45) is 0 Å². The molecule has 1 saturated heterocycles. The molecule has 0 saturated carbocycles. The highest BCUT2D eigenvalue weighted by atomic mass is 16.2. The number of amides is 2. The van der Waals surface area contributed by atoms with Gasteiger partial charge in [0.25, 0.3) is 5.91 Å². The third-order valence-corrected chi connectivity index (χ3v) is 1.29. The van der Waals surface area contributed by atoms with Gasteiger partial charge in [0.15, 0.2) is 0 Å². The second kappa shape index (κ2) is 2.13. The van der Waals surface area contributed by atoms with Crippen LogP contribution in [0.1, 0.15) is 6.92 Å². The first-order valence-corrected chi connectivity index (χ1v) is 2.92. The van der Waals surface area contributed by atoms with Crippen molar-refractivity contribution in [3.8, 4) is 0 Å². The Morgan fingerprint density at radius 3 is 2.60 bits per heavy atom. The van der Waals surface area contributed by atoms with E-state index in [1.807, 2.05) is 0 Å². The Bertz CT molecular complexity index is 210. The van der Waals surface area contributed by atoms with Crippen LogP contribution < -0.4 is 10.6 Å². The van der Waals surface area contributed by atoms with Gasteiger partial charge in [0.1, 0.15) is 6.04 Å². The van der Waals surface area contributed by atoms with Gasteiger partial charge in [-0.2, -0.15) is 0 Å². The van der Waals surface area contributed by atoms with Gasteiger partial charge in [-0.05, 0) is 6.92 Å². The van der Waals surface area contributed by atoms with Gasteiger partial charge >= 0.3 is 0 Å². The molecular weight excluding hydrogens is 132 g/mol. The Morgan fingerprint density at radius 2 is 2.10 bits per heavy atom. The lowest BCUT2D eigenvalue weighted by Gasteiger charge is -2.20. The fraction of sp³-hybridized carbons (Fsp3) is 0.333. The number of nitrogens with one attached hydrogen (secondary N) is 2. The number of hydrogen-bond acceptors (Lipinski definition) is 2. The van der Waals surface area contributed by atoms with Gasteiger partial charge in [0.2, 0.25) is 5.91 Å². The highest BCUT2D eigenvalue weighted by Crippen LogP contribution is 1.95. The van der Waals surface area contributed by atoms with Crippen molar-refractivity contribution >= 4 is 11.8 Å². The molecule has 1 heterocycles. The molecule has 10 heavy (non-hydrogen) atoms. The molecule has 1 aliphatic heterocycles. The zero-order valence-corrected chi connectivity index (χ0v) is 5.60. The first-order chi connectivity index (χ1) is 4.61. The zero-order chi connectivity index (χ0) is 7.72. The van der Waals surface area contributed by atoms with E-state index in [1.54, 1.807) is 6.92 Å². The SMILES string of the molecule is C=C1NC(=O)C(C)NC1=O. The third-order valence-electron chi connectivity index (χ3n) is 1.29. The summed E-state index contributed by atoms with van der Waals surface area (Å²) >= 11 is 0. The predicted octanol–water partition coefficient (Wildman–Crippen LogP) is -0.865. The van der Waals surface area contributed by atoms with Crippen LogP contribution in [0.2, 0.25) is 0 Å². The molecule has 0 aromatic carbocycles. The minimum atomic E-state index is -0.446. The normalized spacial score (nSPS) is 25.7. The Hall–Kier alpha value is -1.32. The minimum Gasteiger partial charge on any atom is -0.339 e. The number of hydrogen-bond donors (Lipinski definition) is 2. The number of rotatable bonds is 0. The van der Waals surface area contributed by atoms with Crippen LogP contribution >= 0.6 is 0 Å². The Morgan fingerprint density at radius 1 is 1.50 bits per heavy atom. The van der Waals surface area contributed by atoms with E-state index in [4.69, 9.17) is 0 Å². The lowest BCUT2D eigenvalue weighted by atomic mass is 10.2. The lowest BCUT2D eigenvalue weighted by Crippen LogP contribution is -2.52. The highest BCUT2D eigenvalue weighted by Gasteiger charge is 2.24. The number of carbonyl (C=O) groups excluding carboxylic acids is 2. The van der Waals surface area contributed by atoms with Crippen molar-refractivity contribution in [2.75, 3.05) is 0 Å². The average molecular weight is 140 g/mol. The van der Waals surface area contributed by atoms with E-state index in [0.29, 0.717) is 0 Å². The zero-order valence-electron chi connectivity index (χ0n) is 5.60. The van der Waals surface area contributed by atoms with Gasteiger partial charge in [0.05, 0.1) is 5.70 Å². The molecule has 1 aliphatic rings. The smallest absolute Gasteiger partial charge is 0.267 e. The van der Waals surface area contributed by atoms with Gasteiger partial charge < -0.3 is 10.6 Å². The molecular formula is C6H8N2O2. The van der Waals surface area contributed by atoms with Crippen LogP contribution in [-0.4, -0.2) is 17.9 Å². The van der Waals surface area contributed by atoms with Gasteiger partial charge in [0, 0.05) is 0 Å². The van der Waals surface area contributed by atoms with E-state index in [-0.39, 0.29) is 17.5 Å². The van der Waals surface area contributed by atoms with E-state index < -0.39 is 6.04 Å². The van der Waals surface area contributed by atoms with Crippen LogP contribution in [0, 0.1) is 0 Å². The van der Waals surface area contributed by atoms with Crippen LogP contribution in [0.15, 0.2) is 12.3 Å². The van der Waals surface area contributed by atoms with Crippen LogP contribution in [0.5, 0.6) is 0 Å². The van der Waals surface area contributed by atoms with Gasteiger partial charge in [-0.15, -0.1) is 0 Å². The fourth-order valence-electron chi connectivity index (χ4n) is 0.663. The van der Waals surface area contributed by atoms with Crippen molar-refractivity contribution in [1.82, 2.24) is 10.6 Å². The maximum Gasteiger partial charge on any atom is 0.267 e. The lowest BCUT2D eigenvalue weighted by molar-refractivity contribution is -0.130. The topological polar surface area (TPSA) is 58.2 Å². The molecule has 0 radical (unpaired) electrons. The summed E-state index contributed by atoms with van der Waals surface area (Å²) in [5.41, 5.74) is 0.114. The van der Waals surface area contributed by atoms with E-state index in [0.717, 1.165) is 0 Å². The first kappa shape index (κ1) is 6.80. The summed E-state index contributed by atoms with van der Waals surface area (Å²) in [7, 11) is 0. The first-order valence-electron chi connectivity index (χ1n) is 2.92. The van der Waals surface area contributed by atoms with Crippen LogP contribution in [-0.2, 0) is 9.59 Å². The monoisotopic (exact) mass is 140 g/mol. The standard InChI is InChI=1S/C6H8N2O2/c1-3-5(9)8-4(2)6(10)7-3/h4H,1H2,2H3,(H,7,10)(H,8,9). The van der Waals surface area contributed by atoms with Gasteiger partial charge in [-0.3, -0.25) is 9.59 Å². The molecule has 0 aliphatic carbocycles. The van der Waals surface area contributed by atoms with Gasteiger partial charge in [-0.25, -0.2) is 0 Å². The largest absolute Gasteiger partial charge is 0.339 e. The summed E-state index contributed by atoms with van der Waals surface area (Å²) in [5.74, 6) is -0.531.